The molecule has 0 rings (SSSR count). The summed E-state index contributed by atoms with van der Waals surface area (Å²) in [5.41, 5.74) is -4.68. The average molecular weight is 298 g/mol. The first-order chi connectivity index (χ1) is 6.45. The second-order valence-electron chi connectivity index (χ2n) is 3.19. The molecule has 0 fully saturated rings. The number of aliphatic hydroxyl groups is 1. The van der Waals surface area contributed by atoms with Crippen molar-refractivity contribution in [2.75, 3.05) is 20.1 Å². The minimum Gasteiger partial charge on any atom is -0.373 e. The van der Waals surface area contributed by atoms with Gasteiger partial charge in [-0.15, -0.1) is 0 Å². The predicted molar refractivity (Wildman–Crippen MR) is 40.2 cm³/mol. The fourth-order valence-electron chi connectivity index (χ4n) is 0.842. The van der Waals surface area contributed by atoms with Crippen molar-refractivity contribution in [3.63, 3.8) is 0 Å². The third-order valence-corrected chi connectivity index (χ3v) is 1.98. The molecule has 0 spiro atoms. The van der Waals surface area contributed by atoms with Gasteiger partial charge in [0.05, 0.1) is 0 Å². The van der Waals surface area contributed by atoms with Gasteiger partial charge in [-0.05, 0) is 13.6 Å². The third-order valence-electron chi connectivity index (χ3n) is 1.98. The Kier molecular flexibility index (Phi) is 6.37. The smallest absolute Gasteiger partial charge is 0.373 e. The van der Waals surface area contributed by atoms with E-state index in [-0.39, 0.29) is 23.0 Å². The molecule has 2 nitrogen and oxygen atoms in total. The summed E-state index contributed by atoms with van der Waals surface area (Å²) in [7, 11) is 1.06. The molecule has 0 aliphatic heterocycles. The van der Waals surface area contributed by atoms with Gasteiger partial charge >= 0.3 is 12.4 Å². The molecule has 0 heterocycles. The standard InChI is InChI=1S/C7H11F6NO.Ni/c1-3-14(2)4-5(15,6(8,9)10)7(11,12)13;/h15H,3-4H2,1-2H3;. The van der Waals surface area contributed by atoms with Gasteiger partial charge in [0.1, 0.15) is 0 Å². The number of rotatable bonds is 3. The number of hydrogen-bond acceptors (Lipinski definition) is 2. The molecule has 0 aliphatic rings. The summed E-state index contributed by atoms with van der Waals surface area (Å²) in [5, 5.41) is 8.69. The van der Waals surface area contributed by atoms with Crippen molar-refractivity contribution in [3.05, 3.63) is 0 Å². The van der Waals surface area contributed by atoms with Crippen LogP contribution >= 0.6 is 0 Å². The number of alkyl halides is 6. The fraction of sp³-hybridized carbons (Fsp3) is 1.00. The monoisotopic (exact) mass is 297 g/mol. The normalized spacial score (nSPS) is 13.9. The molecule has 0 unspecified atom stereocenters. The average Bonchev–Trinajstić information content (AvgIpc) is 1.99. The minimum absolute atomic E-state index is 0. The molecule has 102 valence electrons. The summed E-state index contributed by atoms with van der Waals surface area (Å²) in [4.78, 5) is 0.737. The van der Waals surface area contributed by atoms with Crippen molar-refractivity contribution in [2.24, 2.45) is 0 Å². The van der Waals surface area contributed by atoms with Gasteiger partial charge in [-0.2, -0.15) is 26.3 Å². The first-order valence-corrected chi connectivity index (χ1v) is 4.00. The van der Waals surface area contributed by atoms with Gasteiger partial charge in [-0.25, -0.2) is 0 Å². The molecule has 0 atom stereocenters. The molecule has 0 saturated heterocycles. The van der Waals surface area contributed by atoms with Gasteiger partial charge in [0, 0.05) is 23.0 Å². The van der Waals surface area contributed by atoms with Crippen molar-refractivity contribution in [3.8, 4) is 0 Å². The molecule has 0 aromatic rings. The van der Waals surface area contributed by atoms with Gasteiger partial charge in [-0.3, -0.25) is 0 Å². The molecule has 0 amide bonds. The van der Waals surface area contributed by atoms with E-state index in [1.807, 2.05) is 0 Å². The first kappa shape index (κ1) is 18.4. The van der Waals surface area contributed by atoms with E-state index in [2.05, 4.69) is 0 Å². The van der Waals surface area contributed by atoms with E-state index in [0.717, 1.165) is 11.9 Å². The maximum Gasteiger partial charge on any atom is 0.427 e. The van der Waals surface area contributed by atoms with Crippen LogP contribution in [0.4, 0.5) is 26.3 Å². The summed E-state index contributed by atoms with van der Waals surface area (Å²) in [6.07, 6.45) is -11.5. The molecule has 1 N–H and O–H groups in total. The van der Waals surface area contributed by atoms with E-state index in [4.69, 9.17) is 5.11 Å². The molecular weight excluding hydrogens is 287 g/mol. The maximum absolute atomic E-state index is 12.1. The van der Waals surface area contributed by atoms with Gasteiger partial charge < -0.3 is 10.0 Å². The molecule has 0 bridgehead atoms. The van der Waals surface area contributed by atoms with E-state index in [1.54, 1.807) is 0 Å². The van der Waals surface area contributed by atoms with Crippen LogP contribution in [0.5, 0.6) is 0 Å². The zero-order valence-corrected chi connectivity index (χ0v) is 9.38. The maximum atomic E-state index is 12.1. The number of halogens is 6. The first-order valence-electron chi connectivity index (χ1n) is 4.00. The van der Waals surface area contributed by atoms with Crippen LogP contribution in [0.25, 0.3) is 0 Å². The quantitative estimate of drug-likeness (QED) is 0.634. The topological polar surface area (TPSA) is 23.5 Å². The fourth-order valence-corrected chi connectivity index (χ4v) is 0.842. The Bertz CT molecular complexity index is 202. The molecule has 0 radical (unpaired) electrons. The largest absolute Gasteiger partial charge is 0.427 e. The Balaban J connectivity index is 0. The van der Waals surface area contributed by atoms with Crippen molar-refractivity contribution in [2.45, 2.75) is 24.9 Å². The molecule has 16 heavy (non-hydrogen) atoms. The van der Waals surface area contributed by atoms with Crippen LogP contribution in [0.2, 0.25) is 0 Å². The minimum atomic E-state index is -5.74. The molecule has 9 heteroatoms. The number of nitrogens with zero attached hydrogens (tertiary/aromatic N) is 1. The van der Waals surface area contributed by atoms with Crippen molar-refractivity contribution < 1.29 is 47.9 Å². The predicted octanol–water partition coefficient (Wildman–Crippen LogP) is 1.79. The zero-order chi connectivity index (χ0) is 12.5. The summed E-state index contributed by atoms with van der Waals surface area (Å²) >= 11 is 0. The van der Waals surface area contributed by atoms with Crippen LogP contribution < -0.4 is 0 Å². The van der Waals surface area contributed by atoms with E-state index >= 15 is 0 Å². The van der Waals surface area contributed by atoms with Gasteiger partial charge in [0.15, 0.2) is 0 Å². The van der Waals surface area contributed by atoms with Crippen LogP contribution in [0.15, 0.2) is 0 Å². The summed E-state index contributed by atoms with van der Waals surface area (Å²) in [5.74, 6) is 0. The number of hydrogen-bond donors (Lipinski definition) is 1. The second kappa shape index (κ2) is 5.55. The van der Waals surface area contributed by atoms with E-state index in [1.165, 1.54) is 6.92 Å². The van der Waals surface area contributed by atoms with E-state index in [0.29, 0.717) is 0 Å². The second-order valence-corrected chi connectivity index (χ2v) is 3.19. The van der Waals surface area contributed by atoms with Crippen LogP contribution in [-0.2, 0) is 16.5 Å². The molecule has 0 aromatic carbocycles. The van der Waals surface area contributed by atoms with Gasteiger partial charge in [-0.1, -0.05) is 6.92 Å². The van der Waals surface area contributed by atoms with Crippen LogP contribution in [-0.4, -0.2) is 48.1 Å². The molecule has 0 saturated carbocycles. The van der Waals surface area contributed by atoms with E-state index < -0.39 is 24.5 Å². The molecule has 0 aromatic heterocycles. The van der Waals surface area contributed by atoms with Gasteiger partial charge in [0.2, 0.25) is 0 Å². The molecular formula is C7H11F6NNiO. The van der Waals surface area contributed by atoms with Crippen molar-refractivity contribution in [1.82, 2.24) is 4.90 Å². The molecule has 0 aliphatic carbocycles. The Hall–Kier alpha value is -0.00649. The Morgan fingerprint density at radius 2 is 1.31 bits per heavy atom. The van der Waals surface area contributed by atoms with E-state index in [9.17, 15) is 26.3 Å². The van der Waals surface area contributed by atoms with Gasteiger partial charge in [0.25, 0.3) is 5.60 Å². The van der Waals surface area contributed by atoms with Crippen LogP contribution in [0, 0.1) is 0 Å². The zero-order valence-electron chi connectivity index (χ0n) is 8.39. The summed E-state index contributed by atoms with van der Waals surface area (Å²) in [6.45, 7) is -0.182. The Labute approximate surface area is 98.5 Å². The Morgan fingerprint density at radius 3 is 1.50 bits per heavy atom. The van der Waals surface area contributed by atoms with Crippen molar-refractivity contribution >= 4 is 0 Å². The summed E-state index contributed by atoms with van der Waals surface area (Å²) in [6, 6.07) is 0. The van der Waals surface area contributed by atoms with Crippen molar-refractivity contribution in [1.29, 1.82) is 0 Å². The Morgan fingerprint density at radius 1 is 1.00 bits per heavy atom. The number of likely N-dealkylation sites (N-methyl/N-ethyl adjacent to an activating group) is 1. The third kappa shape index (κ3) is 3.78. The SMILES string of the molecule is CCN(C)CC(O)(C(F)(F)F)C(F)(F)F.[Ni]. The van der Waals surface area contributed by atoms with Crippen LogP contribution in [0.3, 0.4) is 0 Å². The van der Waals surface area contributed by atoms with Crippen LogP contribution in [0.1, 0.15) is 6.92 Å². The summed E-state index contributed by atoms with van der Waals surface area (Å²) < 4.78 is 72.6.